The Bertz CT molecular complexity index is 396. The van der Waals surface area contributed by atoms with Gasteiger partial charge in [-0.05, 0) is 44.2 Å². The summed E-state index contributed by atoms with van der Waals surface area (Å²) in [5.41, 5.74) is 0.747. The van der Waals surface area contributed by atoms with Crippen molar-refractivity contribution in [3.8, 4) is 0 Å². The molecular weight excluding hydrogens is 252 g/mol. The summed E-state index contributed by atoms with van der Waals surface area (Å²) >= 11 is 1.75. The number of hydrogen-bond acceptors (Lipinski definition) is 2. The maximum atomic E-state index is 13.8. The van der Waals surface area contributed by atoms with E-state index in [1.165, 1.54) is 12.1 Å². The van der Waals surface area contributed by atoms with Gasteiger partial charge in [-0.2, -0.15) is 11.8 Å². The highest BCUT2D eigenvalue weighted by atomic mass is 32.2. The van der Waals surface area contributed by atoms with Crippen LogP contribution in [-0.4, -0.2) is 18.1 Å². The largest absolute Gasteiger partial charge is 0.307 e. The quantitative estimate of drug-likeness (QED) is 0.838. The molecule has 1 rings (SSSR count). The van der Waals surface area contributed by atoms with Crippen LogP contribution in [0.25, 0.3) is 0 Å². The molecule has 1 nitrogen and oxygen atoms in total. The predicted molar refractivity (Wildman–Crippen MR) is 75.1 cm³/mol. The van der Waals surface area contributed by atoms with Crippen molar-refractivity contribution < 1.29 is 8.78 Å². The first kappa shape index (κ1) is 15.4. The molecule has 18 heavy (non-hydrogen) atoms. The second-order valence-corrected chi connectivity index (χ2v) is 5.48. The maximum absolute atomic E-state index is 13.8. The third-order valence-corrected chi connectivity index (χ3v) is 3.83. The van der Waals surface area contributed by atoms with E-state index in [0.717, 1.165) is 12.2 Å². The molecule has 0 amide bonds. The van der Waals surface area contributed by atoms with Gasteiger partial charge in [0.25, 0.3) is 0 Å². The first-order valence-electron chi connectivity index (χ1n) is 6.20. The van der Waals surface area contributed by atoms with Crippen LogP contribution in [0.3, 0.4) is 0 Å². The van der Waals surface area contributed by atoms with Crippen LogP contribution in [0, 0.1) is 18.6 Å². The van der Waals surface area contributed by atoms with Gasteiger partial charge in [-0.1, -0.05) is 6.92 Å². The summed E-state index contributed by atoms with van der Waals surface area (Å²) in [4.78, 5) is 0. The molecule has 0 heterocycles. The Hall–Kier alpha value is -0.610. The fourth-order valence-electron chi connectivity index (χ4n) is 1.92. The molecule has 1 aromatic rings. The Kier molecular flexibility index (Phi) is 6.09. The van der Waals surface area contributed by atoms with E-state index >= 15 is 0 Å². The van der Waals surface area contributed by atoms with Gasteiger partial charge < -0.3 is 5.32 Å². The second-order valence-electron chi connectivity index (χ2n) is 4.57. The third kappa shape index (κ3) is 3.95. The standard InChI is InChI=1S/C14H21F2NS/c1-5-11(8-18-4)17-10(3)12-7-13(15)9(2)6-14(12)16/h6-7,10-11,17H,5,8H2,1-4H3. The van der Waals surface area contributed by atoms with Gasteiger partial charge in [-0.25, -0.2) is 8.78 Å². The molecule has 1 N–H and O–H groups in total. The molecule has 0 saturated heterocycles. The molecule has 2 unspecified atom stereocenters. The van der Waals surface area contributed by atoms with E-state index in [-0.39, 0.29) is 17.7 Å². The molecule has 0 aliphatic carbocycles. The summed E-state index contributed by atoms with van der Waals surface area (Å²) in [6.45, 7) is 5.53. The lowest BCUT2D eigenvalue weighted by Crippen LogP contribution is -2.33. The fourth-order valence-corrected chi connectivity index (χ4v) is 2.66. The third-order valence-electron chi connectivity index (χ3n) is 3.09. The summed E-state index contributed by atoms with van der Waals surface area (Å²) in [7, 11) is 0. The molecule has 102 valence electrons. The molecule has 0 aliphatic heterocycles. The number of halogens is 2. The Morgan fingerprint density at radius 1 is 1.28 bits per heavy atom. The molecule has 2 atom stereocenters. The van der Waals surface area contributed by atoms with Gasteiger partial charge in [-0.3, -0.25) is 0 Å². The lowest BCUT2D eigenvalue weighted by atomic mass is 10.0. The lowest BCUT2D eigenvalue weighted by Gasteiger charge is -2.22. The molecule has 0 bridgehead atoms. The monoisotopic (exact) mass is 273 g/mol. The van der Waals surface area contributed by atoms with Crippen LogP contribution in [0.2, 0.25) is 0 Å². The fraction of sp³-hybridized carbons (Fsp3) is 0.571. The Morgan fingerprint density at radius 3 is 2.50 bits per heavy atom. The van der Waals surface area contributed by atoms with E-state index in [4.69, 9.17) is 0 Å². The minimum atomic E-state index is -0.349. The Labute approximate surface area is 112 Å². The maximum Gasteiger partial charge on any atom is 0.128 e. The first-order chi connectivity index (χ1) is 8.49. The minimum Gasteiger partial charge on any atom is -0.307 e. The van der Waals surface area contributed by atoms with Crippen LogP contribution in [0.1, 0.15) is 37.4 Å². The Balaban J connectivity index is 2.83. The number of hydrogen-bond donors (Lipinski definition) is 1. The van der Waals surface area contributed by atoms with E-state index in [0.29, 0.717) is 17.2 Å². The highest BCUT2D eigenvalue weighted by molar-refractivity contribution is 7.98. The van der Waals surface area contributed by atoms with Crippen LogP contribution < -0.4 is 5.32 Å². The summed E-state index contributed by atoms with van der Waals surface area (Å²) in [6.07, 6.45) is 3.02. The molecule has 0 saturated carbocycles. The Morgan fingerprint density at radius 2 is 1.94 bits per heavy atom. The number of nitrogens with one attached hydrogen (secondary N) is 1. The van der Waals surface area contributed by atoms with Gasteiger partial charge in [0.05, 0.1) is 0 Å². The topological polar surface area (TPSA) is 12.0 Å². The summed E-state index contributed by atoms with van der Waals surface area (Å²) in [6, 6.07) is 2.70. The van der Waals surface area contributed by atoms with E-state index in [1.54, 1.807) is 18.7 Å². The van der Waals surface area contributed by atoms with Gasteiger partial charge in [0.2, 0.25) is 0 Å². The smallest absolute Gasteiger partial charge is 0.128 e. The van der Waals surface area contributed by atoms with Gasteiger partial charge in [0, 0.05) is 23.4 Å². The molecule has 0 spiro atoms. The van der Waals surface area contributed by atoms with Crippen molar-refractivity contribution in [2.24, 2.45) is 0 Å². The van der Waals surface area contributed by atoms with E-state index < -0.39 is 0 Å². The van der Waals surface area contributed by atoms with Crippen LogP contribution in [0.5, 0.6) is 0 Å². The van der Waals surface area contributed by atoms with Crippen molar-refractivity contribution in [1.82, 2.24) is 5.32 Å². The minimum absolute atomic E-state index is 0.183. The van der Waals surface area contributed by atoms with Gasteiger partial charge in [0.1, 0.15) is 11.6 Å². The van der Waals surface area contributed by atoms with Crippen LogP contribution in [0.4, 0.5) is 8.78 Å². The predicted octanol–water partition coefficient (Wildman–Crippen LogP) is 4.07. The van der Waals surface area contributed by atoms with Gasteiger partial charge >= 0.3 is 0 Å². The van der Waals surface area contributed by atoms with E-state index in [2.05, 4.69) is 12.2 Å². The number of thioether (sulfide) groups is 1. The summed E-state index contributed by atoms with van der Waals surface area (Å²) < 4.78 is 27.3. The van der Waals surface area contributed by atoms with E-state index in [1.807, 2.05) is 13.2 Å². The van der Waals surface area contributed by atoms with Crippen molar-refractivity contribution in [3.05, 3.63) is 34.9 Å². The molecule has 4 heteroatoms. The normalized spacial score (nSPS) is 14.6. The van der Waals surface area contributed by atoms with Crippen LogP contribution in [-0.2, 0) is 0 Å². The molecule has 0 fully saturated rings. The van der Waals surface area contributed by atoms with Crippen molar-refractivity contribution in [2.75, 3.05) is 12.0 Å². The first-order valence-corrected chi connectivity index (χ1v) is 7.59. The molecule has 0 aromatic heterocycles. The number of benzene rings is 1. The van der Waals surface area contributed by atoms with E-state index in [9.17, 15) is 8.78 Å². The zero-order valence-electron chi connectivity index (χ0n) is 11.4. The van der Waals surface area contributed by atoms with Crippen molar-refractivity contribution in [3.63, 3.8) is 0 Å². The lowest BCUT2D eigenvalue weighted by molar-refractivity contribution is 0.455. The summed E-state index contributed by atoms with van der Waals surface area (Å²) in [5.74, 6) is 0.280. The zero-order valence-corrected chi connectivity index (χ0v) is 12.2. The SMILES string of the molecule is CCC(CSC)NC(C)c1cc(F)c(C)cc1F. The average molecular weight is 273 g/mol. The van der Waals surface area contributed by atoms with Crippen LogP contribution >= 0.6 is 11.8 Å². The highest BCUT2D eigenvalue weighted by Gasteiger charge is 2.16. The zero-order chi connectivity index (χ0) is 13.7. The van der Waals surface area contributed by atoms with Crippen LogP contribution in [0.15, 0.2) is 12.1 Å². The van der Waals surface area contributed by atoms with Gasteiger partial charge in [-0.15, -0.1) is 0 Å². The van der Waals surface area contributed by atoms with Crippen molar-refractivity contribution >= 4 is 11.8 Å². The number of aryl methyl sites for hydroxylation is 1. The van der Waals surface area contributed by atoms with Gasteiger partial charge in [0.15, 0.2) is 0 Å². The second kappa shape index (κ2) is 7.10. The molecule has 0 aliphatic rings. The molecule has 0 radical (unpaired) electrons. The van der Waals surface area contributed by atoms with Crippen molar-refractivity contribution in [2.45, 2.75) is 39.3 Å². The van der Waals surface area contributed by atoms with Crippen molar-refractivity contribution in [1.29, 1.82) is 0 Å². The molecular formula is C14H21F2NS. The summed E-state index contributed by atoms with van der Waals surface area (Å²) in [5, 5.41) is 3.34. The highest BCUT2D eigenvalue weighted by Crippen LogP contribution is 2.21. The average Bonchev–Trinajstić information content (AvgIpc) is 2.33. The molecule has 1 aromatic carbocycles. The number of rotatable bonds is 6.